The molecule has 1 saturated carbocycles. The summed E-state index contributed by atoms with van der Waals surface area (Å²) < 4.78 is 0. The second kappa shape index (κ2) is 3.56. The van der Waals surface area contributed by atoms with E-state index >= 15 is 0 Å². The Kier molecular flexibility index (Phi) is 2.58. The van der Waals surface area contributed by atoms with E-state index in [0.29, 0.717) is 6.04 Å². The van der Waals surface area contributed by atoms with E-state index in [1.54, 1.807) is 0 Å². The third-order valence-electron chi connectivity index (χ3n) is 3.67. The van der Waals surface area contributed by atoms with E-state index in [9.17, 15) is 0 Å². The van der Waals surface area contributed by atoms with Crippen molar-refractivity contribution < 1.29 is 0 Å². The van der Waals surface area contributed by atoms with Crippen LogP contribution in [0.25, 0.3) is 0 Å². The van der Waals surface area contributed by atoms with Crippen molar-refractivity contribution in [3.8, 4) is 0 Å². The number of likely N-dealkylation sites (N-methyl/N-ethyl adjacent to an activating group) is 2. The van der Waals surface area contributed by atoms with Crippen LogP contribution in [0.3, 0.4) is 0 Å². The van der Waals surface area contributed by atoms with Crippen LogP contribution in [0.15, 0.2) is 0 Å². The van der Waals surface area contributed by atoms with Crippen molar-refractivity contribution in [1.82, 2.24) is 9.80 Å². The minimum absolute atomic E-state index is 0.478. The molecule has 1 aliphatic heterocycles. The molecule has 0 bridgehead atoms. The van der Waals surface area contributed by atoms with Gasteiger partial charge in [0.2, 0.25) is 0 Å². The standard InChI is InChI=1S/C10H21N3/c1-12-4-3-9(7-12)13(2)10-5-8(11)6-10/h8-10H,3-7,11H2,1-2H3. The molecule has 1 saturated heterocycles. The van der Waals surface area contributed by atoms with E-state index in [-0.39, 0.29) is 0 Å². The molecule has 2 fully saturated rings. The highest BCUT2D eigenvalue weighted by molar-refractivity contribution is 4.93. The maximum Gasteiger partial charge on any atom is 0.0235 e. The van der Waals surface area contributed by atoms with Crippen molar-refractivity contribution in [2.45, 2.75) is 37.4 Å². The molecule has 1 unspecified atom stereocenters. The highest BCUT2D eigenvalue weighted by Gasteiger charge is 2.34. The molecular formula is C10H21N3. The average molecular weight is 183 g/mol. The Morgan fingerprint density at radius 3 is 2.46 bits per heavy atom. The van der Waals surface area contributed by atoms with E-state index in [4.69, 9.17) is 5.73 Å². The largest absolute Gasteiger partial charge is 0.328 e. The normalized spacial score (nSPS) is 41.1. The van der Waals surface area contributed by atoms with Crippen LogP contribution in [-0.2, 0) is 0 Å². The Labute approximate surface area is 80.9 Å². The molecule has 2 rings (SSSR count). The van der Waals surface area contributed by atoms with Crippen LogP contribution in [0.2, 0.25) is 0 Å². The van der Waals surface area contributed by atoms with E-state index in [2.05, 4.69) is 23.9 Å². The summed E-state index contributed by atoms with van der Waals surface area (Å²) in [5.41, 5.74) is 5.80. The molecule has 1 heterocycles. The average Bonchev–Trinajstić information content (AvgIpc) is 2.45. The van der Waals surface area contributed by atoms with Gasteiger partial charge in [0.15, 0.2) is 0 Å². The second-order valence-electron chi connectivity index (χ2n) is 4.76. The number of likely N-dealkylation sites (tertiary alicyclic amines) is 1. The van der Waals surface area contributed by atoms with Gasteiger partial charge < -0.3 is 10.6 Å². The van der Waals surface area contributed by atoms with Crippen molar-refractivity contribution in [2.24, 2.45) is 5.73 Å². The van der Waals surface area contributed by atoms with Crippen molar-refractivity contribution in [2.75, 3.05) is 27.2 Å². The van der Waals surface area contributed by atoms with Gasteiger partial charge in [-0.2, -0.15) is 0 Å². The number of nitrogens with two attached hydrogens (primary N) is 1. The zero-order valence-corrected chi connectivity index (χ0v) is 8.74. The molecule has 1 aliphatic carbocycles. The van der Waals surface area contributed by atoms with Gasteiger partial charge in [-0.05, 0) is 39.9 Å². The predicted molar refractivity (Wildman–Crippen MR) is 54.7 cm³/mol. The molecule has 0 aromatic heterocycles. The summed E-state index contributed by atoms with van der Waals surface area (Å²) in [4.78, 5) is 4.96. The van der Waals surface area contributed by atoms with Gasteiger partial charge in [-0.15, -0.1) is 0 Å². The molecule has 3 heteroatoms. The maximum absolute atomic E-state index is 5.80. The maximum atomic E-state index is 5.80. The monoisotopic (exact) mass is 183 g/mol. The molecule has 0 spiro atoms. The number of nitrogens with zero attached hydrogens (tertiary/aromatic N) is 2. The zero-order chi connectivity index (χ0) is 9.42. The number of hydrogen-bond donors (Lipinski definition) is 1. The van der Waals surface area contributed by atoms with Crippen molar-refractivity contribution >= 4 is 0 Å². The van der Waals surface area contributed by atoms with Gasteiger partial charge in [0.25, 0.3) is 0 Å². The fourth-order valence-electron chi connectivity index (χ4n) is 2.50. The Morgan fingerprint density at radius 2 is 2.00 bits per heavy atom. The summed E-state index contributed by atoms with van der Waals surface area (Å²) in [5, 5.41) is 0. The molecular weight excluding hydrogens is 162 g/mol. The van der Waals surface area contributed by atoms with Gasteiger partial charge in [-0.3, -0.25) is 4.90 Å². The van der Waals surface area contributed by atoms with Crippen molar-refractivity contribution in [3.05, 3.63) is 0 Å². The third kappa shape index (κ3) is 1.87. The molecule has 3 nitrogen and oxygen atoms in total. The van der Waals surface area contributed by atoms with E-state index in [1.165, 1.54) is 32.4 Å². The predicted octanol–water partition coefficient (Wildman–Crippen LogP) is 0.112. The fourth-order valence-corrected chi connectivity index (χ4v) is 2.50. The minimum atomic E-state index is 0.478. The molecule has 0 aromatic rings. The summed E-state index contributed by atoms with van der Waals surface area (Å²) in [6.07, 6.45) is 3.74. The van der Waals surface area contributed by atoms with Crippen LogP contribution in [-0.4, -0.2) is 55.1 Å². The minimum Gasteiger partial charge on any atom is -0.328 e. The van der Waals surface area contributed by atoms with Crippen LogP contribution < -0.4 is 5.73 Å². The van der Waals surface area contributed by atoms with Gasteiger partial charge >= 0.3 is 0 Å². The zero-order valence-electron chi connectivity index (χ0n) is 8.74. The summed E-state index contributed by atoms with van der Waals surface area (Å²) in [6.45, 7) is 2.50. The highest BCUT2D eigenvalue weighted by Crippen LogP contribution is 2.26. The topological polar surface area (TPSA) is 32.5 Å². The lowest BCUT2D eigenvalue weighted by atomic mass is 9.86. The van der Waals surface area contributed by atoms with Crippen LogP contribution >= 0.6 is 0 Å². The van der Waals surface area contributed by atoms with Gasteiger partial charge in [-0.1, -0.05) is 0 Å². The first-order valence-corrected chi connectivity index (χ1v) is 5.33. The van der Waals surface area contributed by atoms with E-state index < -0.39 is 0 Å². The molecule has 13 heavy (non-hydrogen) atoms. The summed E-state index contributed by atoms with van der Waals surface area (Å²) in [6, 6.07) is 2.03. The SMILES string of the molecule is CN1CCC(N(C)C2CC(N)C2)C1. The first kappa shape index (κ1) is 9.44. The van der Waals surface area contributed by atoms with Gasteiger partial charge in [0.05, 0.1) is 0 Å². The molecule has 2 N–H and O–H groups in total. The summed E-state index contributed by atoms with van der Waals surface area (Å²) in [5.74, 6) is 0. The van der Waals surface area contributed by atoms with Crippen LogP contribution in [0.5, 0.6) is 0 Å². The fraction of sp³-hybridized carbons (Fsp3) is 1.00. The van der Waals surface area contributed by atoms with Gasteiger partial charge in [0.1, 0.15) is 0 Å². The lowest BCUT2D eigenvalue weighted by Crippen LogP contribution is -2.52. The quantitative estimate of drug-likeness (QED) is 0.659. The molecule has 0 amide bonds. The van der Waals surface area contributed by atoms with Crippen LogP contribution in [0.1, 0.15) is 19.3 Å². The Bertz CT molecular complexity index is 177. The number of rotatable bonds is 2. The first-order chi connectivity index (χ1) is 6.16. The van der Waals surface area contributed by atoms with E-state index in [1.807, 2.05) is 0 Å². The Morgan fingerprint density at radius 1 is 1.31 bits per heavy atom. The highest BCUT2D eigenvalue weighted by atomic mass is 15.2. The third-order valence-corrected chi connectivity index (χ3v) is 3.67. The lowest BCUT2D eigenvalue weighted by molar-refractivity contribution is 0.0982. The van der Waals surface area contributed by atoms with Crippen LogP contribution in [0.4, 0.5) is 0 Å². The molecule has 2 aliphatic rings. The Balaban J connectivity index is 1.80. The summed E-state index contributed by atoms with van der Waals surface area (Å²) in [7, 11) is 4.47. The summed E-state index contributed by atoms with van der Waals surface area (Å²) >= 11 is 0. The first-order valence-electron chi connectivity index (χ1n) is 5.33. The number of hydrogen-bond acceptors (Lipinski definition) is 3. The molecule has 0 aromatic carbocycles. The van der Waals surface area contributed by atoms with Gasteiger partial charge in [0, 0.05) is 24.7 Å². The van der Waals surface area contributed by atoms with Crippen LogP contribution in [0, 0.1) is 0 Å². The molecule has 1 atom stereocenters. The smallest absolute Gasteiger partial charge is 0.0235 e. The molecule has 76 valence electrons. The van der Waals surface area contributed by atoms with E-state index in [0.717, 1.165) is 12.1 Å². The van der Waals surface area contributed by atoms with Crippen molar-refractivity contribution in [3.63, 3.8) is 0 Å². The Hall–Kier alpha value is -0.120. The molecule has 0 radical (unpaired) electrons. The lowest BCUT2D eigenvalue weighted by Gasteiger charge is -2.42. The van der Waals surface area contributed by atoms with Gasteiger partial charge in [-0.25, -0.2) is 0 Å². The second-order valence-corrected chi connectivity index (χ2v) is 4.76. The van der Waals surface area contributed by atoms with Crippen molar-refractivity contribution in [1.29, 1.82) is 0 Å².